The Balaban J connectivity index is 0.00000343. The second-order valence-electron chi connectivity index (χ2n) is 11.0. The van der Waals surface area contributed by atoms with Gasteiger partial charge in [-0.3, -0.25) is 4.68 Å². The summed E-state index contributed by atoms with van der Waals surface area (Å²) in [6.45, 7) is 8.68. The molecule has 5 nitrogen and oxygen atoms in total. The minimum atomic E-state index is 0. The van der Waals surface area contributed by atoms with Crippen molar-refractivity contribution in [3.05, 3.63) is 132 Å². The molecule has 0 amide bonds. The van der Waals surface area contributed by atoms with Gasteiger partial charge in [0.1, 0.15) is 5.82 Å². The van der Waals surface area contributed by atoms with Gasteiger partial charge in [-0.1, -0.05) is 49.7 Å². The number of fused-ring (bicyclic) bond motifs is 3. The second kappa shape index (κ2) is 12.3. The van der Waals surface area contributed by atoms with Gasteiger partial charge in [0, 0.05) is 35.0 Å². The predicted molar refractivity (Wildman–Crippen MR) is 174 cm³/mol. The van der Waals surface area contributed by atoms with E-state index >= 15 is 0 Å². The number of aromatic nitrogens is 4. The average molecular weight is 756 g/mol. The molecule has 0 aliphatic rings. The molecule has 3 heterocycles. The van der Waals surface area contributed by atoms with E-state index in [1.807, 2.05) is 47.4 Å². The van der Waals surface area contributed by atoms with Crippen LogP contribution in [0.15, 0.2) is 97.5 Å². The van der Waals surface area contributed by atoms with E-state index in [4.69, 9.17) is 9.84 Å². The van der Waals surface area contributed by atoms with Gasteiger partial charge in [-0.15, -0.1) is 35.7 Å². The third kappa shape index (κ3) is 5.37. The maximum absolute atomic E-state index is 6.35. The van der Waals surface area contributed by atoms with E-state index in [1.165, 1.54) is 22.3 Å². The standard InChI is InChI=1S/C38H32N4O.Pt/c1-5-27-19-26(4)38(28(6-2)20-27)29-23-40-41(24-29)30-10-9-11-31(21-30)43-32-14-15-34-33-12-7-8-13-35(33)42(36(34)22-32)37-18-25(3)16-17-39-37;/h7-20,23-24H,5-6H2,1-4H3;/q-2;+2. The van der Waals surface area contributed by atoms with Gasteiger partial charge in [0.2, 0.25) is 0 Å². The molecule has 0 atom stereocenters. The number of para-hydroxylation sites is 1. The van der Waals surface area contributed by atoms with Gasteiger partial charge < -0.3 is 9.30 Å². The Morgan fingerprint density at radius 2 is 1.66 bits per heavy atom. The van der Waals surface area contributed by atoms with Crippen LogP contribution < -0.4 is 4.74 Å². The zero-order valence-electron chi connectivity index (χ0n) is 25.2. The van der Waals surface area contributed by atoms with Crippen LogP contribution in [0.1, 0.15) is 36.1 Å². The first-order valence-electron chi connectivity index (χ1n) is 14.8. The van der Waals surface area contributed by atoms with E-state index in [9.17, 15) is 0 Å². The molecule has 0 aliphatic carbocycles. The number of benzene rings is 4. The van der Waals surface area contributed by atoms with Crippen molar-refractivity contribution >= 4 is 21.8 Å². The van der Waals surface area contributed by atoms with Crippen LogP contribution in [0, 0.1) is 26.0 Å². The molecule has 0 unspecified atom stereocenters. The third-order valence-corrected chi connectivity index (χ3v) is 8.04. The van der Waals surface area contributed by atoms with Gasteiger partial charge in [-0.25, -0.2) is 4.98 Å². The predicted octanol–water partition coefficient (Wildman–Crippen LogP) is 9.16. The maximum atomic E-state index is 6.35. The zero-order chi connectivity index (χ0) is 29.5. The summed E-state index contributed by atoms with van der Waals surface area (Å²) in [6.07, 6.45) is 7.87. The largest absolute Gasteiger partial charge is 2.00 e. The number of pyridine rings is 1. The Hall–Kier alpha value is -4.47. The minimum Gasteiger partial charge on any atom is -0.509 e. The van der Waals surface area contributed by atoms with E-state index in [1.54, 1.807) is 0 Å². The maximum Gasteiger partial charge on any atom is 2.00 e. The van der Waals surface area contributed by atoms with Crippen LogP contribution >= 0.6 is 0 Å². The molecule has 44 heavy (non-hydrogen) atoms. The van der Waals surface area contributed by atoms with E-state index in [0.29, 0.717) is 11.5 Å². The Morgan fingerprint density at radius 1 is 0.818 bits per heavy atom. The first-order chi connectivity index (χ1) is 21.0. The van der Waals surface area contributed by atoms with E-state index in [-0.39, 0.29) is 21.1 Å². The Labute approximate surface area is 272 Å². The SMILES string of the molecule is CCc1cc(C)c(-c2cnn(-c3[c-]c(Oc4[c-]c5c(cc4)c4ccccc4n5-c4cc(C)ccn4)ccc3)c2)c(CC)c1.[Pt+2]. The summed E-state index contributed by atoms with van der Waals surface area (Å²) in [7, 11) is 0. The van der Waals surface area contributed by atoms with Gasteiger partial charge >= 0.3 is 21.1 Å². The summed E-state index contributed by atoms with van der Waals surface area (Å²) < 4.78 is 10.4. The van der Waals surface area contributed by atoms with Crippen molar-refractivity contribution in [1.82, 2.24) is 19.3 Å². The van der Waals surface area contributed by atoms with Crippen LogP contribution in [0.25, 0.3) is 44.4 Å². The van der Waals surface area contributed by atoms with Crippen molar-refractivity contribution in [2.45, 2.75) is 40.5 Å². The van der Waals surface area contributed by atoms with Crippen molar-refractivity contribution in [3.63, 3.8) is 0 Å². The number of nitrogens with zero attached hydrogens (tertiary/aromatic N) is 4. The molecule has 0 bridgehead atoms. The van der Waals surface area contributed by atoms with Crippen LogP contribution in [0.3, 0.4) is 0 Å². The fourth-order valence-electron chi connectivity index (χ4n) is 5.98. The van der Waals surface area contributed by atoms with Gasteiger partial charge in [0.25, 0.3) is 0 Å². The van der Waals surface area contributed by atoms with Gasteiger partial charge in [0.15, 0.2) is 0 Å². The topological polar surface area (TPSA) is 44.9 Å². The minimum absolute atomic E-state index is 0. The van der Waals surface area contributed by atoms with Gasteiger partial charge in [-0.2, -0.15) is 17.2 Å². The Bertz CT molecular complexity index is 2120. The molecular weight excluding hydrogens is 724 g/mol. The fourth-order valence-corrected chi connectivity index (χ4v) is 5.98. The fraction of sp³-hybridized carbons (Fsp3) is 0.158. The number of ether oxygens (including phenoxy) is 1. The normalized spacial score (nSPS) is 11.2. The Kier molecular flexibility index (Phi) is 8.25. The van der Waals surface area contributed by atoms with E-state index < -0.39 is 0 Å². The number of hydrogen-bond acceptors (Lipinski definition) is 3. The number of hydrogen-bond donors (Lipinski definition) is 0. The molecule has 0 saturated heterocycles. The molecule has 220 valence electrons. The van der Waals surface area contributed by atoms with E-state index in [0.717, 1.165) is 57.3 Å². The smallest absolute Gasteiger partial charge is 0.509 e. The molecule has 7 aromatic rings. The Morgan fingerprint density at radius 3 is 2.48 bits per heavy atom. The molecule has 0 N–H and O–H groups in total. The van der Waals surface area contributed by atoms with Crippen molar-refractivity contribution < 1.29 is 25.8 Å². The van der Waals surface area contributed by atoms with Crippen molar-refractivity contribution in [2.24, 2.45) is 0 Å². The first kappa shape index (κ1) is 29.6. The molecule has 7 rings (SSSR count). The molecule has 4 aromatic carbocycles. The third-order valence-electron chi connectivity index (χ3n) is 8.04. The number of aryl methyl sites for hydroxylation is 4. The van der Waals surface area contributed by atoms with Gasteiger partial charge in [-0.05, 0) is 83.8 Å². The van der Waals surface area contributed by atoms with Crippen LogP contribution in [0.4, 0.5) is 0 Å². The molecule has 0 aliphatic heterocycles. The van der Waals surface area contributed by atoms with Gasteiger partial charge in [0.05, 0.1) is 6.20 Å². The summed E-state index contributed by atoms with van der Waals surface area (Å²) in [5.74, 6) is 2.06. The summed E-state index contributed by atoms with van der Waals surface area (Å²) in [6, 6.07) is 33.9. The van der Waals surface area contributed by atoms with Crippen LogP contribution in [0.5, 0.6) is 11.5 Å². The number of rotatable bonds is 7. The second-order valence-corrected chi connectivity index (χ2v) is 11.0. The summed E-state index contributed by atoms with van der Waals surface area (Å²) >= 11 is 0. The molecule has 3 aromatic heterocycles. The summed E-state index contributed by atoms with van der Waals surface area (Å²) in [4.78, 5) is 4.68. The van der Waals surface area contributed by atoms with E-state index in [2.05, 4.69) is 104 Å². The molecule has 0 radical (unpaired) electrons. The molecule has 6 heteroatoms. The van der Waals surface area contributed by atoms with Crippen LogP contribution in [-0.4, -0.2) is 19.3 Å². The molecule has 0 fully saturated rings. The first-order valence-corrected chi connectivity index (χ1v) is 14.8. The van der Waals surface area contributed by atoms with Crippen LogP contribution in [0.2, 0.25) is 0 Å². The molecular formula is C38H32N4OPt. The monoisotopic (exact) mass is 755 g/mol. The zero-order valence-corrected chi connectivity index (χ0v) is 27.4. The molecule has 0 spiro atoms. The van der Waals surface area contributed by atoms with Crippen LogP contribution in [-0.2, 0) is 33.9 Å². The van der Waals surface area contributed by atoms with Crippen molar-refractivity contribution in [1.29, 1.82) is 0 Å². The summed E-state index contributed by atoms with van der Waals surface area (Å²) in [5.41, 5.74) is 10.3. The van der Waals surface area contributed by atoms with Crippen molar-refractivity contribution in [3.8, 4) is 34.1 Å². The average Bonchev–Trinajstić information content (AvgIpc) is 3.64. The molecule has 0 saturated carbocycles. The quantitative estimate of drug-likeness (QED) is 0.153. The summed E-state index contributed by atoms with van der Waals surface area (Å²) in [5, 5.41) is 6.95. The van der Waals surface area contributed by atoms with Crippen molar-refractivity contribution in [2.75, 3.05) is 0 Å².